The van der Waals surface area contributed by atoms with E-state index in [1.54, 1.807) is 15.9 Å². The van der Waals surface area contributed by atoms with Gasteiger partial charge in [0.05, 0.1) is 13.7 Å². The van der Waals surface area contributed by atoms with Gasteiger partial charge in [-0.05, 0) is 38.5 Å². The number of nitrogens with zero attached hydrogens (tertiary/aromatic N) is 3. The molecule has 0 aromatic heterocycles. The maximum Gasteiger partial charge on any atom is 0.409 e. The summed E-state index contributed by atoms with van der Waals surface area (Å²) in [5.74, 6) is -0.309. The SMILES string of the molecule is COC(=O)N1CCN(CC(=O)N(Cc2cccc(F)c2)C(C)(C)C)CC1. The maximum atomic E-state index is 13.5. The van der Waals surface area contributed by atoms with E-state index in [4.69, 9.17) is 4.74 Å². The van der Waals surface area contributed by atoms with Crippen molar-refractivity contribution >= 4 is 12.0 Å². The Morgan fingerprint density at radius 3 is 2.38 bits per heavy atom. The summed E-state index contributed by atoms with van der Waals surface area (Å²) in [5.41, 5.74) is 0.390. The Bertz CT molecular complexity index is 637. The van der Waals surface area contributed by atoms with E-state index in [0.29, 0.717) is 32.7 Å². The van der Waals surface area contributed by atoms with Crippen LogP contribution in [-0.4, -0.2) is 72.1 Å². The van der Waals surface area contributed by atoms with Gasteiger partial charge in [-0.1, -0.05) is 12.1 Å². The van der Waals surface area contributed by atoms with Gasteiger partial charge in [0.1, 0.15) is 5.82 Å². The first kappa shape index (κ1) is 20.2. The van der Waals surface area contributed by atoms with Crippen LogP contribution in [0.3, 0.4) is 0 Å². The van der Waals surface area contributed by atoms with Crippen molar-refractivity contribution in [3.05, 3.63) is 35.6 Å². The fraction of sp³-hybridized carbons (Fsp3) is 0.579. The smallest absolute Gasteiger partial charge is 0.409 e. The summed E-state index contributed by atoms with van der Waals surface area (Å²) in [7, 11) is 1.37. The van der Waals surface area contributed by atoms with Crippen molar-refractivity contribution in [1.29, 1.82) is 0 Å². The third kappa shape index (κ3) is 5.42. The van der Waals surface area contributed by atoms with Crippen molar-refractivity contribution in [1.82, 2.24) is 14.7 Å². The summed E-state index contributed by atoms with van der Waals surface area (Å²) in [4.78, 5) is 29.9. The minimum Gasteiger partial charge on any atom is -0.453 e. The monoisotopic (exact) mass is 365 g/mol. The number of halogens is 1. The standard InChI is InChI=1S/C19H28FN3O3/c1-19(2,3)23(13-15-6-5-7-16(20)12-15)17(24)14-21-8-10-22(11-9-21)18(25)26-4/h5-7,12H,8-11,13-14H2,1-4H3. The van der Waals surface area contributed by atoms with Crippen molar-refractivity contribution in [2.24, 2.45) is 0 Å². The molecular formula is C19H28FN3O3. The first-order valence-corrected chi connectivity index (χ1v) is 8.81. The molecule has 7 heteroatoms. The second kappa shape index (κ2) is 8.49. The predicted molar refractivity (Wildman–Crippen MR) is 97.1 cm³/mol. The zero-order valence-electron chi connectivity index (χ0n) is 16.0. The van der Waals surface area contributed by atoms with E-state index in [1.807, 2.05) is 31.7 Å². The average molecular weight is 365 g/mol. The van der Waals surface area contributed by atoms with E-state index < -0.39 is 0 Å². The number of rotatable bonds is 4. The van der Waals surface area contributed by atoms with Crippen LogP contribution in [-0.2, 0) is 16.1 Å². The number of carbonyl (C=O) groups is 2. The summed E-state index contributed by atoms with van der Waals surface area (Å²) < 4.78 is 18.2. The second-order valence-electron chi connectivity index (χ2n) is 7.51. The number of hydrogen-bond acceptors (Lipinski definition) is 4. The first-order chi connectivity index (χ1) is 12.2. The Labute approximate surface area is 154 Å². The topological polar surface area (TPSA) is 53.1 Å². The van der Waals surface area contributed by atoms with E-state index in [2.05, 4.69) is 0 Å². The van der Waals surface area contributed by atoms with Crippen molar-refractivity contribution < 1.29 is 18.7 Å². The zero-order valence-corrected chi connectivity index (χ0v) is 16.0. The molecule has 1 aliphatic rings. The van der Waals surface area contributed by atoms with Gasteiger partial charge in [-0.3, -0.25) is 9.69 Å². The van der Waals surface area contributed by atoms with Gasteiger partial charge in [-0.15, -0.1) is 0 Å². The Balaban J connectivity index is 1.98. The van der Waals surface area contributed by atoms with E-state index >= 15 is 0 Å². The Hall–Kier alpha value is -2.15. The normalized spacial score (nSPS) is 15.7. The highest BCUT2D eigenvalue weighted by atomic mass is 19.1. The number of benzene rings is 1. The first-order valence-electron chi connectivity index (χ1n) is 8.81. The number of carbonyl (C=O) groups excluding carboxylic acids is 2. The van der Waals surface area contributed by atoms with Gasteiger partial charge in [-0.25, -0.2) is 9.18 Å². The molecule has 1 aliphatic heterocycles. The largest absolute Gasteiger partial charge is 0.453 e. The maximum absolute atomic E-state index is 13.5. The van der Waals surface area contributed by atoms with Crippen LogP contribution in [0.15, 0.2) is 24.3 Å². The van der Waals surface area contributed by atoms with E-state index in [1.165, 1.54) is 19.2 Å². The quantitative estimate of drug-likeness (QED) is 0.822. The zero-order chi connectivity index (χ0) is 19.3. The fourth-order valence-corrected chi connectivity index (χ4v) is 3.01. The number of amides is 2. The lowest BCUT2D eigenvalue weighted by Gasteiger charge is -2.39. The van der Waals surface area contributed by atoms with E-state index in [9.17, 15) is 14.0 Å². The molecule has 0 atom stereocenters. The summed E-state index contributed by atoms with van der Waals surface area (Å²) in [6.45, 7) is 8.89. The third-order valence-corrected chi connectivity index (χ3v) is 4.50. The Kier molecular flexibility index (Phi) is 6.58. The van der Waals surface area contributed by atoms with E-state index in [-0.39, 0.29) is 29.9 Å². The van der Waals surface area contributed by atoms with Crippen LogP contribution in [0.2, 0.25) is 0 Å². The van der Waals surface area contributed by atoms with Gasteiger partial charge in [-0.2, -0.15) is 0 Å². The predicted octanol–water partition coefficient (Wildman–Crippen LogP) is 2.34. The van der Waals surface area contributed by atoms with E-state index in [0.717, 1.165) is 5.56 Å². The van der Waals surface area contributed by atoms with Crippen molar-refractivity contribution in [2.75, 3.05) is 39.8 Å². The molecule has 0 bridgehead atoms. The Morgan fingerprint density at radius 2 is 1.85 bits per heavy atom. The molecule has 1 heterocycles. The average Bonchev–Trinajstić information content (AvgIpc) is 2.58. The second-order valence-corrected chi connectivity index (χ2v) is 7.51. The molecule has 0 saturated carbocycles. The molecule has 6 nitrogen and oxygen atoms in total. The molecule has 1 aromatic rings. The lowest BCUT2D eigenvalue weighted by Crippen LogP contribution is -2.54. The van der Waals surface area contributed by atoms with Crippen LogP contribution in [0.4, 0.5) is 9.18 Å². The van der Waals surface area contributed by atoms with Crippen molar-refractivity contribution in [3.63, 3.8) is 0 Å². The summed E-state index contributed by atoms with van der Waals surface area (Å²) in [5, 5.41) is 0. The minimum absolute atomic E-state index is 0.00622. The molecular weight excluding hydrogens is 337 g/mol. The van der Waals surface area contributed by atoms with Crippen LogP contribution in [0.25, 0.3) is 0 Å². The Morgan fingerprint density at radius 1 is 1.19 bits per heavy atom. The number of piperazine rings is 1. The van der Waals surface area contributed by atoms with Gasteiger partial charge in [0.15, 0.2) is 0 Å². The molecule has 0 N–H and O–H groups in total. The van der Waals surface area contributed by atoms with Gasteiger partial charge in [0, 0.05) is 38.3 Å². The lowest BCUT2D eigenvalue weighted by atomic mass is 10.0. The molecule has 0 aliphatic carbocycles. The summed E-state index contributed by atoms with van der Waals surface area (Å²) in [6, 6.07) is 6.33. The third-order valence-electron chi connectivity index (χ3n) is 4.50. The lowest BCUT2D eigenvalue weighted by molar-refractivity contribution is -0.138. The molecule has 0 spiro atoms. The van der Waals surface area contributed by atoms with Gasteiger partial charge >= 0.3 is 6.09 Å². The van der Waals surface area contributed by atoms with Gasteiger partial charge in [0.2, 0.25) is 5.91 Å². The van der Waals surface area contributed by atoms with Crippen LogP contribution < -0.4 is 0 Å². The minimum atomic E-state index is -0.378. The summed E-state index contributed by atoms with van der Waals surface area (Å²) in [6.07, 6.45) is -0.335. The van der Waals surface area contributed by atoms with Crippen molar-refractivity contribution in [3.8, 4) is 0 Å². The molecule has 0 unspecified atom stereocenters. The van der Waals surface area contributed by atoms with Crippen LogP contribution >= 0.6 is 0 Å². The highest BCUT2D eigenvalue weighted by Gasteiger charge is 2.29. The molecule has 1 aromatic carbocycles. The highest BCUT2D eigenvalue weighted by Crippen LogP contribution is 2.19. The molecule has 0 radical (unpaired) electrons. The van der Waals surface area contributed by atoms with Crippen LogP contribution in [0.1, 0.15) is 26.3 Å². The highest BCUT2D eigenvalue weighted by molar-refractivity contribution is 5.79. The molecule has 2 amide bonds. The molecule has 144 valence electrons. The van der Waals surface area contributed by atoms with Crippen LogP contribution in [0.5, 0.6) is 0 Å². The van der Waals surface area contributed by atoms with Crippen molar-refractivity contribution in [2.45, 2.75) is 32.9 Å². The molecule has 1 saturated heterocycles. The summed E-state index contributed by atoms with van der Waals surface area (Å²) >= 11 is 0. The molecule has 26 heavy (non-hydrogen) atoms. The van der Waals surface area contributed by atoms with Gasteiger partial charge in [0.25, 0.3) is 0 Å². The number of methoxy groups -OCH3 is 1. The number of hydrogen-bond donors (Lipinski definition) is 0. The van der Waals surface area contributed by atoms with Crippen LogP contribution in [0, 0.1) is 5.82 Å². The van der Waals surface area contributed by atoms with Gasteiger partial charge < -0.3 is 14.5 Å². The number of ether oxygens (including phenoxy) is 1. The molecule has 1 fully saturated rings. The molecule has 2 rings (SSSR count). The fourth-order valence-electron chi connectivity index (χ4n) is 3.01.